The summed E-state index contributed by atoms with van der Waals surface area (Å²) in [7, 11) is 0. The maximum atomic E-state index is 13.6. The highest BCUT2D eigenvalue weighted by Gasteiger charge is 2.32. The highest BCUT2D eigenvalue weighted by atomic mass is 19.4. The second-order valence-electron chi connectivity index (χ2n) is 6.28. The number of nitrogens with zero attached hydrogens (tertiary/aromatic N) is 2. The number of ether oxygens (including phenoxy) is 1. The minimum atomic E-state index is -4.60. The topological polar surface area (TPSA) is 68.5 Å². The molecule has 2 heterocycles. The zero-order valence-electron chi connectivity index (χ0n) is 14.2. The van der Waals surface area contributed by atoms with Crippen molar-refractivity contribution in [3.63, 3.8) is 0 Å². The lowest BCUT2D eigenvalue weighted by Gasteiger charge is -2.32. The van der Waals surface area contributed by atoms with Crippen LogP contribution in [0.4, 0.5) is 17.6 Å². The molecular weight excluding hydrogens is 366 g/mol. The standard InChI is InChI=1S/C18H17F4N3O2/c19-14-6-11(5-13(7-14)18(20,21)22)9-25-3-4-27-16(10-25)15-2-1-12(8-24-15)17(23)26/h1-2,5-8,16H,3-4,9-10H2,(H2,23,26)/t16-/m0/s1. The molecule has 1 atom stereocenters. The van der Waals surface area contributed by atoms with Gasteiger partial charge in [-0.15, -0.1) is 0 Å². The van der Waals surface area contributed by atoms with E-state index in [9.17, 15) is 22.4 Å². The fourth-order valence-electron chi connectivity index (χ4n) is 2.93. The van der Waals surface area contributed by atoms with Gasteiger partial charge in [-0.05, 0) is 35.9 Å². The number of halogens is 4. The first-order valence-corrected chi connectivity index (χ1v) is 8.19. The van der Waals surface area contributed by atoms with Gasteiger partial charge in [-0.1, -0.05) is 0 Å². The normalized spacial score (nSPS) is 18.4. The van der Waals surface area contributed by atoms with Crippen LogP contribution in [-0.4, -0.2) is 35.5 Å². The molecule has 1 aromatic heterocycles. The van der Waals surface area contributed by atoms with Gasteiger partial charge in [-0.3, -0.25) is 14.7 Å². The number of aromatic nitrogens is 1. The second kappa shape index (κ2) is 7.61. The predicted octanol–water partition coefficient (Wildman–Crippen LogP) is 2.91. The van der Waals surface area contributed by atoms with Crippen LogP contribution in [-0.2, 0) is 17.5 Å². The van der Waals surface area contributed by atoms with E-state index in [1.54, 1.807) is 6.07 Å². The van der Waals surface area contributed by atoms with Crippen LogP contribution in [0.3, 0.4) is 0 Å². The van der Waals surface area contributed by atoms with E-state index >= 15 is 0 Å². The molecular formula is C18H17F4N3O2. The third-order valence-electron chi connectivity index (χ3n) is 4.24. The molecule has 9 heteroatoms. The van der Waals surface area contributed by atoms with Gasteiger partial charge in [0.2, 0.25) is 5.91 Å². The van der Waals surface area contributed by atoms with E-state index in [1.165, 1.54) is 12.3 Å². The van der Waals surface area contributed by atoms with Crippen molar-refractivity contribution >= 4 is 5.91 Å². The van der Waals surface area contributed by atoms with E-state index in [-0.39, 0.29) is 17.7 Å². The lowest BCUT2D eigenvalue weighted by Crippen LogP contribution is -2.38. The van der Waals surface area contributed by atoms with Gasteiger partial charge in [-0.25, -0.2) is 4.39 Å². The summed E-state index contributed by atoms with van der Waals surface area (Å²) in [5.41, 5.74) is 5.26. The van der Waals surface area contributed by atoms with Crippen molar-refractivity contribution in [3.8, 4) is 0 Å². The number of hydrogen-bond donors (Lipinski definition) is 1. The minimum absolute atomic E-state index is 0.153. The number of hydrogen-bond acceptors (Lipinski definition) is 4. The summed E-state index contributed by atoms with van der Waals surface area (Å²) in [4.78, 5) is 17.1. The summed E-state index contributed by atoms with van der Waals surface area (Å²) in [6, 6.07) is 5.69. The van der Waals surface area contributed by atoms with Crippen LogP contribution in [0.2, 0.25) is 0 Å². The molecule has 144 valence electrons. The molecule has 27 heavy (non-hydrogen) atoms. The van der Waals surface area contributed by atoms with E-state index in [1.807, 2.05) is 4.90 Å². The average molecular weight is 383 g/mol. The minimum Gasteiger partial charge on any atom is -0.369 e. The number of nitrogens with two attached hydrogens (primary N) is 1. The maximum Gasteiger partial charge on any atom is 0.416 e. The molecule has 0 unspecified atom stereocenters. The summed E-state index contributed by atoms with van der Waals surface area (Å²) in [5.74, 6) is -1.51. The Labute approximate surface area is 152 Å². The Kier molecular flexibility index (Phi) is 5.43. The molecule has 1 aliphatic rings. The first-order chi connectivity index (χ1) is 12.7. The Hall–Kier alpha value is -2.52. The highest BCUT2D eigenvalue weighted by molar-refractivity contribution is 5.92. The zero-order chi connectivity index (χ0) is 19.6. The van der Waals surface area contributed by atoms with Gasteiger partial charge >= 0.3 is 6.18 Å². The van der Waals surface area contributed by atoms with Crippen LogP contribution in [0.5, 0.6) is 0 Å². The lowest BCUT2D eigenvalue weighted by molar-refractivity contribution is -0.137. The summed E-state index contributed by atoms with van der Waals surface area (Å²) < 4.78 is 57.8. The first kappa shape index (κ1) is 19.2. The van der Waals surface area contributed by atoms with Crippen molar-refractivity contribution in [1.29, 1.82) is 0 Å². The van der Waals surface area contributed by atoms with Gasteiger partial charge in [0.25, 0.3) is 0 Å². The fourth-order valence-corrected chi connectivity index (χ4v) is 2.93. The molecule has 0 saturated carbocycles. The van der Waals surface area contributed by atoms with Crippen molar-refractivity contribution in [2.24, 2.45) is 5.73 Å². The largest absolute Gasteiger partial charge is 0.416 e. The smallest absolute Gasteiger partial charge is 0.369 e. The first-order valence-electron chi connectivity index (χ1n) is 8.19. The predicted molar refractivity (Wildman–Crippen MR) is 88.1 cm³/mol. The quantitative estimate of drug-likeness (QED) is 0.825. The van der Waals surface area contributed by atoms with Crippen molar-refractivity contribution in [2.45, 2.75) is 18.8 Å². The molecule has 1 aliphatic heterocycles. The van der Waals surface area contributed by atoms with E-state index < -0.39 is 29.6 Å². The molecule has 1 saturated heterocycles. The van der Waals surface area contributed by atoms with Crippen LogP contribution < -0.4 is 5.73 Å². The SMILES string of the molecule is NC(=O)c1ccc([C@@H]2CN(Cc3cc(F)cc(C(F)(F)F)c3)CCO2)nc1. The molecule has 0 radical (unpaired) electrons. The van der Waals surface area contributed by atoms with Gasteiger partial charge in [0.05, 0.1) is 23.4 Å². The summed E-state index contributed by atoms with van der Waals surface area (Å²) in [6.45, 7) is 1.37. The summed E-state index contributed by atoms with van der Waals surface area (Å²) >= 11 is 0. The molecule has 2 aromatic rings. The number of benzene rings is 1. The number of amides is 1. The van der Waals surface area contributed by atoms with Crippen LogP contribution in [0.25, 0.3) is 0 Å². The monoisotopic (exact) mass is 383 g/mol. The number of carbonyl (C=O) groups is 1. The van der Waals surface area contributed by atoms with Crippen LogP contribution in [0.15, 0.2) is 36.5 Å². The summed E-state index contributed by atoms with van der Waals surface area (Å²) in [6.07, 6.45) is -3.66. The number of morpholine rings is 1. The van der Waals surface area contributed by atoms with Gasteiger partial charge in [-0.2, -0.15) is 13.2 Å². The van der Waals surface area contributed by atoms with Gasteiger partial charge in [0.15, 0.2) is 0 Å². The van der Waals surface area contributed by atoms with Crippen molar-refractivity contribution in [1.82, 2.24) is 9.88 Å². The maximum absolute atomic E-state index is 13.6. The van der Waals surface area contributed by atoms with Crippen molar-refractivity contribution in [3.05, 3.63) is 64.7 Å². The van der Waals surface area contributed by atoms with Gasteiger partial charge in [0, 0.05) is 25.8 Å². The lowest BCUT2D eigenvalue weighted by atomic mass is 10.1. The number of carbonyl (C=O) groups excluding carboxylic acids is 1. The average Bonchev–Trinajstić information content (AvgIpc) is 2.61. The molecule has 1 fully saturated rings. The molecule has 1 aromatic carbocycles. The second-order valence-corrected chi connectivity index (χ2v) is 6.28. The Balaban J connectivity index is 1.71. The van der Waals surface area contributed by atoms with Gasteiger partial charge in [0.1, 0.15) is 11.9 Å². The fraction of sp³-hybridized carbons (Fsp3) is 0.333. The molecule has 0 spiro atoms. The van der Waals surface area contributed by atoms with E-state index in [2.05, 4.69) is 4.98 Å². The Morgan fingerprint density at radius 2 is 2.07 bits per heavy atom. The van der Waals surface area contributed by atoms with Crippen LogP contribution >= 0.6 is 0 Å². The number of alkyl halides is 3. The Morgan fingerprint density at radius 3 is 2.70 bits per heavy atom. The molecule has 2 N–H and O–H groups in total. The number of rotatable bonds is 4. The molecule has 0 aliphatic carbocycles. The van der Waals surface area contributed by atoms with E-state index in [0.717, 1.165) is 12.1 Å². The van der Waals surface area contributed by atoms with Crippen molar-refractivity contribution < 1.29 is 27.1 Å². The molecule has 0 bridgehead atoms. The summed E-state index contributed by atoms with van der Waals surface area (Å²) in [5, 5.41) is 0. The van der Waals surface area contributed by atoms with Crippen LogP contribution in [0, 0.1) is 5.82 Å². The molecule has 5 nitrogen and oxygen atoms in total. The van der Waals surface area contributed by atoms with Crippen LogP contribution in [0.1, 0.15) is 33.3 Å². The Bertz CT molecular complexity index is 824. The third-order valence-corrected chi connectivity index (χ3v) is 4.24. The van der Waals surface area contributed by atoms with Gasteiger partial charge < -0.3 is 10.5 Å². The third kappa shape index (κ3) is 4.81. The number of pyridine rings is 1. The van der Waals surface area contributed by atoms with E-state index in [4.69, 9.17) is 10.5 Å². The van der Waals surface area contributed by atoms with Crippen molar-refractivity contribution in [2.75, 3.05) is 19.7 Å². The highest BCUT2D eigenvalue weighted by Crippen LogP contribution is 2.31. The molecule has 1 amide bonds. The Morgan fingerprint density at radius 1 is 1.30 bits per heavy atom. The zero-order valence-corrected chi connectivity index (χ0v) is 14.2. The number of primary amides is 1. The van der Waals surface area contributed by atoms with E-state index in [0.29, 0.717) is 31.5 Å². The molecule has 3 rings (SSSR count).